The fourth-order valence-corrected chi connectivity index (χ4v) is 3.79. The second-order valence-electron chi connectivity index (χ2n) is 4.73. The van der Waals surface area contributed by atoms with Crippen molar-refractivity contribution in [3.63, 3.8) is 0 Å². The molecule has 1 heterocycles. The molecule has 1 aliphatic rings. The number of hydrogen-bond acceptors (Lipinski definition) is 4. The summed E-state index contributed by atoms with van der Waals surface area (Å²) in [6, 6.07) is 2.05. The monoisotopic (exact) mass is 303 g/mol. The van der Waals surface area contributed by atoms with E-state index in [1.54, 1.807) is 0 Å². The maximum Gasteiger partial charge on any atom is 0.322 e. The summed E-state index contributed by atoms with van der Waals surface area (Å²) in [5.41, 5.74) is 0.292. The van der Waals surface area contributed by atoms with E-state index in [-0.39, 0.29) is 17.9 Å². The average Bonchev–Trinajstić information content (AvgIpc) is 2.75. The van der Waals surface area contributed by atoms with Gasteiger partial charge in [0.2, 0.25) is 10.0 Å². The van der Waals surface area contributed by atoms with Gasteiger partial charge in [-0.05, 0) is 24.6 Å². The van der Waals surface area contributed by atoms with Crippen molar-refractivity contribution in [3.8, 4) is 0 Å². The second-order valence-corrected chi connectivity index (χ2v) is 6.62. The summed E-state index contributed by atoms with van der Waals surface area (Å²) >= 11 is 0. The third kappa shape index (κ3) is 2.54. The molecule has 2 atom stereocenters. The Kier molecular flexibility index (Phi) is 3.81. The highest BCUT2D eigenvalue weighted by atomic mass is 32.2. The number of sulfonamides is 1. The summed E-state index contributed by atoms with van der Waals surface area (Å²) in [7, 11) is -4.15. The minimum Gasteiger partial charge on any atom is -0.480 e. The molecule has 6 nitrogen and oxygen atoms in total. The third-order valence-electron chi connectivity index (χ3n) is 3.27. The van der Waals surface area contributed by atoms with Gasteiger partial charge in [-0.2, -0.15) is 4.31 Å². The molecular formula is C12H14FNO5S. The average molecular weight is 303 g/mol. The van der Waals surface area contributed by atoms with Gasteiger partial charge >= 0.3 is 5.97 Å². The molecule has 1 aromatic carbocycles. The Hall–Kier alpha value is -1.51. The van der Waals surface area contributed by atoms with Crippen LogP contribution in [0.1, 0.15) is 12.0 Å². The van der Waals surface area contributed by atoms with Crippen LogP contribution in [-0.2, 0) is 14.8 Å². The topological polar surface area (TPSA) is 94.9 Å². The number of rotatable bonds is 3. The van der Waals surface area contributed by atoms with Crippen molar-refractivity contribution in [2.45, 2.75) is 30.4 Å². The molecule has 1 saturated heterocycles. The number of aryl methyl sites for hydroxylation is 1. The normalized spacial score (nSPS) is 23.9. The van der Waals surface area contributed by atoms with E-state index in [1.807, 2.05) is 0 Å². The van der Waals surface area contributed by atoms with Crippen molar-refractivity contribution in [3.05, 3.63) is 29.6 Å². The van der Waals surface area contributed by atoms with Crippen LogP contribution in [0.3, 0.4) is 0 Å². The second kappa shape index (κ2) is 5.12. The number of carboxylic acids is 1. The van der Waals surface area contributed by atoms with Gasteiger partial charge in [0.15, 0.2) is 0 Å². The lowest BCUT2D eigenvalue weighted by Crippen LogP contribution is -2.40. The molecule has 0 unspecified atom stereocenters. The van der Waals surface area contributed by atoms with Gasteiger partial charge < -0.3 is 10.2 Å². The highest BCUT2D eigenvalue weighted by Crippen LogP contribution is 2.27. The Morgan fingerprint density at radius 1 is 1.45 bits per heavy atom. The predicted octanol–water partition coefficient (Wildman–Crippen LogP) is 0.343. The van der Waals surface area contributed by atoms with Crippen LogP contribution in [0.15, 0.2) is 23.1 Å². The summed E-state index contributed by atoms with van der Waals surface area (Å²) in [4.78, 5) is 10.7. The number of β-amino-alcohol motifs (C(OH)–C–C–N with tert-alkyl or cyclic N) is 1. The fraction of sp³-hybridized carbons (Fsp3) is 0.417. The zero-order chi connectivity index (χ0) is 15.1. The van der Waals surface area contributed by atoms with Gasteiger partial charge in [-0.3, -0.25) is 4.79 Å². The van der Waals surface area contributed by atoms with Crippen LogP contribution in [0.5, 0.6) is 0 Å². The van der Waals surface area contributed by atoms with Crippen LogP contribution in [0.2, 0.25) is 0 Å². The van der Waals surface area contributed by atoms with E-state index in [1.165, 1.54) is 19.1 Å². The molecule has 0 amide bonds. The summed E-state index contributed by atoms with van der Waals surface area (Å²) in [6.07, 6.45) is -1.22. The SMILES string of the molecule is Cc1ccc(S(=O)(=O)N2C[C@@H](O)C[C@H]2C(=O)O)cc1F. The van der Waals surface area contributed by atoms with Gasteiger partial charge in [0.1, 0.15) is 11.9 Å². The molecule has 8 heteroatoms. The van der Waals surface area contributed by atoms with E-state index in [4.69, 9.17) is 5.11 Å². The number of halogens is 1. The number of hydrogen-bond donors (Lipinski definition) is 2. The number of carboxylic acid groups (broad SMARTS) is 1. The molecule has 0 aromatic heterocycles. The third-order valence-corrected chi connectivity index (χ3v) is 5.14. The molecule has 2 rings (SSSR count). The molecule has 1 fully saturated rings. The lowest BCUT2D eigenvalue weighted by molar-refractivity contribution is -0.140. The first-order chi connectivity index (χ1) is 9.23. The zero-order valence-corrected chi connectivity index (χ0v) is 11.5. The van der Waals surface area contributed by atoms with Crippen LogP contribution in [0.4, 0.5) is 4.39 Å². The highest BCUT2D eigenvalue weighted by molar-refractivity contribution is 7.89. The molecule has 0 spiro atoms. The molecule has 20 heavy (non-hydrogen) atoms. The summed E-state index contributed by atoms with van der Waals surface area (Å²) < 4.78 is 38.9. The molecule has 1 aromatic rings. The zero-order valence-electron chi connectivity index (χ0n) is 10.7. The Morgan fingerprint density at radius 3 is 2.65 bits per heavy atom. The maximum atomic E-state index is 13.5. The van der Waals surface area contributed by atoms with Gasteiger partial charge in [0.05, 0.1) is 11.0 Å². The van der Waals surface area contributed by atoms with Crippen molar-refractivity contribution in [1.82, 2.24) is 4.31 Å². The lowest BCUT2D eigenvalue weighted by atomic mass is 10.2. The van der Waals surface area contributed by atoms with E-state index in [2.05, 4.69) is 0 Å². The van der Waals surface area contributed by atoms with E-state index < -0.39 is 34.0 Å². The van der Waals surface area contributed by atoms with Crippen molar-refractivity contribution < 1.29 is 27.8 Å². The predicted molar refractivity (Wildman–Crippen MR) is 67.1 cm³/mol. The number of aliphatic carboxylic acids is 1. The first-order valence-electron chi connectivity index (χ1n) is 5.92. The molecule has 110 valence electrons. The van der Waals surface area contributed by atoms with Gasteiger partial charge in [-0.15, -0.1) is 0 Å². The first-order valence-corrected chi connectivity index (χ1v) is 7.36. The Labute approximate surface area is 115 Å². The number of carbonyl (C=O) groups is 1. The first kappa shape index (κ1) is 14.9. The lowest BCUT2D eigenvalue weighted by Gasteiger charge is -2.20. The summed E-state index contributed by atoms with van der Waals surface area (Å²) in [5, 5.41) is 18.5. The van der Waals surface area contributed by atoms with Gasteiger partial charge in [0.25, 0.3) is 0 Å². The number of benzene rings is 1. The van der Waals surface area contributed by atoms with Crippen LogP contribution < -0.4 is 0 Å². The Morgan fingerprint density at radius 2 is 2.10 bits per heavy atom. The van der Waals surface area contributed by atoms with Crippen LogP contribution in [0.25, 0.3) is 0 Å². The van der Waals surface area contributed by atoms with E-state index in [9.17, 15) is 22.7 Å². The molecular weight excluding hydrogens is 289 g/mol. The summed E-state index contributed by atoms with van der Waals surface area (Å²) in [6.45, 7) is 1.18. The largest absolute Gasteiger partial charge is 0.480 e. The molecule has 1 aliphatic heterocycles. The standard InChI is InChI=1S/C12H14FNO5S/c1-7-2-3-9(5-10(7)13)20(18,19)14-6-8(15)4-11(14)12(16)17/h2-3,5,8,11,15H,4,6H2,1H3,(H,16,17)/t8-,11-/m0/s1. The van der Waals surface area contributed by atoms with Gasteiger partial charge in [0, 0.05) is 13.0 Å². The van der Waals surface area contributed by atoms with E-state index in [0.717, 1.165) is 6.07 Å². The molecule has 0 aliphatic carbocycles. The fourth-order valence-electron chi connectivity index (χ4n) is 2.14. The van der Waals surface area contributed by atoms with E-state index in [0.29, 0.717) is 9.87 Å². The minimum atomic E-state index is -4.15. The van der Waals surface area contributed by atoms with Gasteiger partial charge in [-0.1, -0.05) is 6.07 Å². The Balaban J connectivity index is 2.43. The van der Waals surface area contributed by atoms with Crippen LogP contribution >= 0.6 is 0 Å². The van der Waals surface area contributed by atoms with Crippen LogP contribution in [0, 0.1) is 12.7 Å². The highest BCUT2D eigenvalue weighted by Gasteiger charge is 2.43. The molecule has 0 bridgehead atoms. The smallest absolute Gasteiger partial charge is 0.322 e. The molecule has 0 saturated carbocycles. The van der Waals surface area contributed by atoms with Gasteiger partial charge in [-0.25, -0.2) is 12.8 Å². The summed E-state index contributed by atoms with van der Waals surface area (Å²) in [5.74, 6) is -2.02. The molecule has 0 radical (unpaired) electrons. The van der Waals surface area contributed by atoms with E-state index >= 15 is 0 Å². The van der Waals surface area contributed by atoms with Crippen LogP contribution in [-0.4, -0.2) is 47.6 Å². The number of nitrogens with zero attached hydrogens (tertiary/aromatic N) is 1. The number of aliphatic hydroxyl groups is 1. The quantitative estimate of drug-likeness (QED) is 0.840. The van der Waals surface area contributed by atoms with Crippen molar-refractivity contribution in [2.24, 2.45) is 0 Å². The van der Waals surface area contributed by atoms with Crippen molar-refractivity contribution in [1.29, 1.82) is 0 Å². The van der Waals surface area contributed by atoms with Crippen molar-refractivity contribution in [2.75, 3.05) is 6.54 Å². The Bertz CT molecular complexity index is 645. The maximum absolute atomic E-state index is 13.5. The minimum absolute atomic E-state index is 0.178. The van der Waals surface area contributed by atoms with Crippen molar-refractivity contribution >= 4 is 16.0 Å². The number of aliphatic hydroxyl groups excluding tert-OH is 1. The molecule has 2 N–H and O–H groups in total.